The van der Waals surface area contributed by atoms with E-state index in [9.17, 15) is 19.8 Å². The Morgan fingerprint density at radius 3 is 1.86 bits per heavy atom. The topological polar surface area (TPSA) is 74.6 Å². The summed E-state index contributed by atoms with van der Waals surface area (Å²) < 4.78 is 0. The predicted octanol–water partition coefficient (Wildman–Crippen LogP) is 5.99. The first-order chi connectivity index (χ1) is 13.3. The smallest absolute Gasteiger partial charge is 0.309 e. The maximum Gasteiger partial charge on any atom is 0.309 e. The molecule has 0 spiro atoms. The van der Waals surface area contributed by atoms with E-state index >= 15 is 0 Å². The van der Waals surface area contributed by atoms with E-state index in [1.807, 2.05) is 0 Å². The van der Waals surface area contributed by atoms with Gasteiger partial charge in [0.15, 0.2) is 0 Å². The van der Waals surface area contributed by atoms with E-state index in [0.29, 0.717) is 31.1 Å². The molecule has 3 saturated carbocycles. The molecular formula is C24H40O4. The van der Waals surface area contributed by atoms with Crippen LogP contribution in [0.3, 0.4) is 0 Å². The standard InChI is InChI=1S/C24H40O4/c1-16-3-7-18(8-4-16)13-21-14-20(22(25)26)11-12-24(21,23(27)28)15-19-9-5-17(2)6-10-19/h16-21H,3-15H2,1-2H3,(H,25,26)(H,27,28). The second-order valence-corrected chi connectivity index (χ2v) is 10.7. The maximum absolute atomic E-state index is 12.6. The van der Waals surface area contributed by atoms with Crippen LogP contribution in [-0.4, -0.2) is 22.2 Å². The Bertz CT molecular complexity index is 543. The predicted molar refractivity (Wildman–Crippen MR) is 110 cm³/mol. The summed E-state index contributed by atoms with van der Waals surface area (Å²) in [6, 6.07) is 0. The van der Waals surface area contributed by atoms with E-state index in [0.717, 1.165) is 37.5 Å². The highest BCUT2D eigenvalue weighted by molar-refractivity contribution is 5.76. The van der Waals surface area contributed by atoms with Gasteiger partial charge in [-0.15, -0.1) is 0 Å². The molecule has 2 N–H and O–H groups in total. The van der Waals surface area contributed by atoms with Crippen LogP contribution in [0.5, 0.6) is 0 Å². The third kappa shape index (κ3) is 4.91. The summed E-state index contributed by atoms with van der Waals surface area (Å²) in [5.41, 5.74) is -0.694. The number of hydrogen-bond donors (Lipinski definition) is 2. The van der Waals surface area contributed by atoms with Crippen LogP contribution in [0, 0.1) is 40.9 Å². The van der Waals surface area contributed by atoms with E-state index in [1.165, 1.54) is 38.5 Å². The molecule has 0 saturated heterocycles. The molecular weight excluding hydrogens is 352 g/mol. The zero-order chi connectivity index (χ0) is 20.3. The molecule has 4 nitrogen and oxygen atoms in total. The molecule has 0 radical (unpaired) electrons. The van der Waals surface area contributed by atoms with Crippen molar-refractivity contribution in [3.8, 4) is 0 Å². The maximum atomic E-state index is 12.6. The molecule has 3 atom stereocenters. The fraction of sp³-hybridized carbons (Fsp3) is 0.917. The summed E-state index contributed by atoms with van der Waals surface area (Å²) in [5.74, 6) is 0.921. The van der Waals surface area contributed by atoms with Crippen LogP contribution in [-0.2, 0) is 9.59 Å². The van der Waals surface area contributed by atoms with Gasteiger partial charge in [-0.3, -0.25) is 9.59 Å². The Labute approximate surface area is 170 Å². The normalized spacial score (nSPS) is 42.1. The second kappa shape index (κ2) is 9.17. The first-order valence-corrected chi connectivity index (χ1v) is 11.8. The molecule has 3 aliphatic carbocycles. The molecule has 0 amide bonds. The monoisotopic (exact) mass is 392 g/mol. The summed E-state index contributed by atoms with van der Waals surface area (Å²) in [4.78, 5) is 24.3. The lowest BCUT2D eigenvalue weighted by Crippen LogP contribution is -2.46. The van der Waals surface area contributed by atoms with Crippen molar-refractivity contribution >= 4 is 11.9 Å². The zero-order valence-corrected chi connectivity index (χ0v) is 17.9. The number of rotatable bonds is 6. The third-order valence-electron chi connectivity index (χ3n) is 8.61. The first-order valence-electron chi connectivity index (χ1n) is 11.8. The minimum absolute atomic E-state index is 0.0256. The van der Waals surface area contributed by atoms with Gasteiger partial charge in [0.05, 0.1) is 11.3 Å². The molecule has 0 heterocycles. The number of carbonyl (C=O) groups is 2. The van der Waals surface area contributed by atoms with Gasteiger partial charge >= 0.3 is 11.9 Å². The van der Waals surface area contributed by atoms with E-state index in [-0.39, 0.29) is 11.8 Å². The first kappa shape index (κ1) is 21.6. The van der Waals surface area contributed by atoms with Gasteiger partial charge < -0.3 is 10.2 Å². The second-order valence-electron chi connectivity index (χ2n) is 10.7. The van der Waals surface area contributed by atoms with Crippen molar-refractivity contribution in [3.63, 3.8) is 0 Å². The van der Waals surface area contributed by atoms with Crippen molar-refractivity contribution in [2.75, 3.05) is 0 Å². The fourth-order valence-corrected chi connectivity index (χ4v) is 6.52. The van der Waals surface area contributed by atoms with Crippen LogP contribution in [0.2, 0.25) is 0 Å². The zero-order valence-electron chi connectivity index (χ0n) is 17.9. The van der Waals surface area contributed by atoms with Crippen LogP contribution < -0.4 is 0 Å². The highest BCUT2D eigenvalue weighted by Crippen LogP contribution is 2.53. The van der Waals surface area contributed by atoms with Gasteiger partial charge in [-0.2, -0.15) is 0 Å². The summed E-state index contributed by atoms with van der Waals surface area (Å²) in [7, 11) is 0. The Balaban J connectivity index is 1.77. The molecule has 0 aromatic carbocycles. The molecule has 3 unspecified atom stereocenters. The van der Waals surface area contributed by atoms with Crippen LogP contribution in [0.4, 0.5) is 0 Å². The number of carboxylic acid groups (broad SMARTS) is 2. The van der Waals surface area contributed by atoms with Crippen LogP contribution in [0.15, 0.2) is 0 Å². The van der Waals surface area contributed by atoms with Crippen LogP contribution in [0.1, 0.15) is 97.3 Å². The average molecular weight is 393 g/mol. The molecule has 0 bridgehead atoms. The van der Waals surface area contributed by atoms with Gasteiger partial charge in [-0.05, 0) is 61.7 Å². The van der Waals surface area contributed by atoms with Crippen molar-refractivity contribution in [1.29, 1.82) is 0 Å². The molecule has 3 aliphatic rings. The van der Waals surface area contributed by atoms with Crippen molar-refractivity contribution in [2.24, 2.45) is 40.9 Å². The molecule has 0 aromatic rings. The van der Waals surface area contributed by atoms with E-state index in [2.05, 4.69) is 13.8 Å². The Morgan fingerprint density at radius 1 is 0.821 bits per heavy atom. The summed E-state index contributed by atoms with van der Waals surface area (Å²) in [6.07, 6.45) is 12.9. The summed E-state index contributed by atoms with van der Waals surface area (Å²) in [6.45, 7) is 4.61. The minimum atomic E-state index is -0.729. The molecule has 28 heavy (non-hydrogen) atoms. The molecule has 0 aromatic heterocycles. The van der Waals surface area contributed by atoms with Crippen LogP contribution in [0.25, 0.3) is 0 Å². The largest absolute Gasteiger partial charge is 0.481 e. The van der Waals surface area contributed by atoms with Crippen LogP contribution >= 0.6 is 0 Å². The van der Waals surface area contributed by atoms with Crippen molar-refractivity contribution in [1.82, 2.24) is 0 Å². The Kier molecular flexibility index (Phi) is 7.09. The molecule has 3 rings (SSSR count). The summed E-state index contributed by atoms with van der Waals surface area (Å²) >= 11 is 0. The van der Waals surface area contributed by atoms with Crippen molar-refractivity contribution < 1.29 is 19.8 Å². The molecule has 0 aliphatic heterocycles. The van der Waals surface area contributed by atoms with Gasteiger partial charge in [0.1, 0.15) is 0 Å². The molecule has 4 heteroatoms. The number of hydrogen-bond acceptors (Lipinski definition) is 2. The lowest BCUT2D eigenvalue weighted by molar-refractivity contribution is -0.163. The van der Waals surface area contributed by atoms with E-state index < -0.39 is 17.4 Å². The average Bonchev–Trinajstić information content (AvgIpc) is 2.66. The van der Waals surface area contributed by atoms with Gasteiger partial charge in [-0.25, -0.2) is 0 Å². The number of carboxylic acids is 2. The third-order valence-corrected chi connectivity index (χ3v) is 8.61. The van der Waals surface area contributed by atoms with Crippen molar-refractivity contribution in [2.45, 2.75) is 97.3 Å². The Hall–Kier alpha value is -1.06. The van der Waals surface area contributed by atoms with E-state index in [1.54, 1.807) is 0 Å². The fourth-order valence-electron chi connectivity index (χ4n) is 6.52. The summed E-state index contributed by atoms with van der Waals surface area (Å²) in [5, 5.41) is 20.0. The quantitative estimate of drug-likeness (QED) is 0.582. The minimum Gasteiger partial charge on any atom is -0.481 e. The van der Waals surface area contributed by atoms with Gasteiger partial charge in [0.25, 0.3) is 0 Å². The van der Waals surface area contributed by atoms with Gasteiger partial charge in [0.2, 0.25) is 0 Å². The molecule has 160 valence electrons. The lowest BCUT2D eigenvalue weighted by Gasteiger charge is -2.47. The number of aliphatic carboxylic acids is 2. The van der Waals surface area contributed by atoms with Gasteiger partial charge in [-0.1, -0.05) is 65.2 Å². The highest BCUT2D eigenvalue weighted by Gasteiger charge is 2.51. The van der Waals surface area contributed by atoms with E-state index in [4.69, 9.17) is 0 Å². The highest BCUT2D eigenvalue weighted by atomic mass is 16.4. The van der Waals surface area contributed by atoms with Crippen molar-refractivity contribution in [3.05, 3.63) is 0 Å². The SMILES string of the molecule is CC1CCC(CC2CC(C(=O)O)CCC2(CC2CCC(C)CC2)C(=O)O)CC1. The Morgan fingerprint density at radius 2 is 1.36 bits per heavy atom. The van der Waals surface area contributed by atoms with Gasteiger partial charge in [0, 0.05) is 0 Å². The lowest BCUT2D eigenvalue weighted by atomic mass is 9.56. The molecule has 3 fully saturated rings.